The Morgan fingerprint density at radius 1 is 1.23 bits per heavy atom. The predicted octanol–water partition coefficient (Wildman–Crippen LogP) is 3.05. The van der Waals surface area contributed by atoms with Crippen LogP contribution in [0, 0.1) is 17.0 Å². The lowest BCUT2D eigenvalue weighted by Gasteiger charge is -2.50. The first-order chi connectivity index (χ1) is 14.5. The van der Waals surface area contributed by atoms with Crippen molar-refractivity contribution < 1.29 is 9.41 Å². The highest BCUT2D eigenvalue weighted by Gasteiger charge is 2.37. The van der Waals surface area contributed by atoms with Crippen LogP contribution in [0.4, 0.5) is 15.8 Å². The summed E-state index contributed by atoms with van der Waals surface area (Å²) >= 11 is 0.916. The molecule has 1 aromatic carbocycles. The summed E-state index contributed by atoms with van der Waals surface area (Å²) in [5.41, 5.74) is 3.05. The molecule has 0 amide bonds. The number of benzene rings is 1. The van der Waals surface area contributed by atoms with Gasteiger partial charge in [0.1, 0.15) is 6.20 Å². The normalized spacial score (nSPS) is 23.3. The molecule has 30 heavy (non-hydrogen) atoms. The molecular formula is C20H28N7O2S+. The van der Waals surface area contributed by atoms with E-state index in [1.807, 2.05) is 13.0 Å². The third-order valence-corrected chi connectivity index (χ3v) is 7.02. The lowest BCUT2D eigenvalue weighted by molar-refractivity contribution is -0.939. The summed E-state index contributed by atoms with van der Waals surface area (Å²) in [6.45, 7) is 13.0. The van der Waals surface area contributed by atoms with E-state index in [1.165, 1.54) is 62.1 Å². The smallest absolute Gasteiger partial charge is 0.319 e. The Morgan fingerprint density at radius 3 is 2.67 bits per heavy atom. The molecule has 3 saturated heterocycles. The number of rotatable bonds is 9. The third-order valence-electron chi connectivity index (χ3n) is 6.19. The van der Waals surface area contributed by atoms with Gasteiger partial charge in [-0.3, -0.25) is 15.0 Å². The summed E-state index contributed by atoms with van der Waals surface area (Å²) < 4.78 is 1.30. The SMILES string of the molecule is Cc1cc(CCNCC[N+]23CCN(CC2)CC3)ccc1N=Nc1ncc([N+](=O)[O-])s1. The number of hydrogen-bond donors (Lipinski definition) is 1. The monoisotopic (exact) mass is 430 g/mol. The average molecular weight is 431 g/mol. The van der Waals surface area contributed by atoms with E-state index >= 15 is 0 Å². The molecule has 4 heterocycles. The van der Waals surface area contributed by atoms with Gasteiger partial charge in [0, 0.05) is 26.2 Å². The maximum Gasteiger partial charge on any atom is 0.345 e. The van der Waals surface area contributed by atoms with Gasteiger partial charge in [0.15, 0.2) is 0 Å². The minimum Gasteiger partial charge on any atom is -0.319 e. The Balaban J connectivity index is 1.23. The quantitative estimate of drug-likeness (QED) is 0.217. The van der Waals surface area contributed by atoms with Crippen molar-refractivity contribution in [3.8, 4) is 0 Å². The molecule has 2 bridgehead atoms. The summed E-state index contributed by atoms with van der Waals surface area (Å²) in [5, 5.41) is 22.8. The zero-order valence-electron chi connectivity index (χ0n) is 17.3. The van der Waals surface area contributed by atoms with Crippen molar-refractivity contribution in [2.75, 3.05) is 58.9 Å². The molecule has 3 aliphatic rings. The van der Waals surface area contributed by atoms with Crippen LogP contribution in [0.3, 0.4) is 0 Å². The van der Waals surface area contributed by atoms with E-state index in [0.29, 0.717) is 0 Å². The molecule has 9 nitrogen and oxygen atoms in total. The number of nitrogens with zero attached hydrogens (tertiary/aromatic N) is 6. The fraction of sp³-hybridized carbons (Fsp3) is 0.550. The summed E-state index contributed by atoms with van der Waals surface area (Å²) in [5.74, 6) is 0. The number of quaternary nitrogens is 1. The maximum absolute atomic E-state index is 10.7. The van der Waals surface area contributed by atoms with Crippen LogP contribution < -0.4 is 5.32 Å². The minimum absolute atomic E-state index is 0.0316. The van der Waals surface area contributed by atoms with Gasteiger partial charge < -0.3 is 9.80 Å². The van der Waals surface area contributed by atoms with Crippen LogP contribution in [-0.4, -0.2) is 78.2 Å². The minimum atomic E-state index is -0.471. The standard InChI is InChI=1S/C20H28N7O2S/c1-16-14-17(2-3-18(16)23-24-20-22-15-19(30-20)26(28)29)4-5-21-6-10-27-11-7-25(8-12-27)9-13-27/h2-3,14-15,21H,4-13H2,1H3/q+1. The molecule has 0 atom stereocenters. The number of piperazine rings is 3. The van der Waals surface area contributed by atoms with Crippen molar-refractivity contribution in [1.82, 2.24) is 15.2 Å². The summed E-state index contributed by atoms with van der Waals surface area (Å²) in [7, 11) is 0. The van der Waals surface area contributed by atoms with Gasteiger partial charge in [-0.25, -0.2) is 4.98 Å². The fourth-order valence-corrected chi connectivity index (χ4v) is 4.76. The molecule has 3 fully saturated rings. The van der Waals surface area contributed by atoms with Gasteiger partial charge in [0.25, 0.3) is 0 Å². The number of nitrogens with one attached hydrogen (secondary N) is 1. The van der Waals surface area contributed by atoms with E-state index in [1.54, 1.807) is 0 Å². The lowest BCUT2D eigenvalue weighted by atomic mass is 10.1. The zero-order valence-corrected chi connectivity index (χ0v) is 18.1. The van der Waals surface area contributed by atoms with Gasteiger partial charge in [-0.1, -0.05) is 12.1 Å². The Morgan fingerprint density at radius 2 is 2.00 bits per heavy atom. The lowest BCUT2D eigenvalue weighted by Crippen LogP contribution is -2.68. The van der Waals surface area contributed by atoms with Crippen LogP contribution in [0.15, 0.2) is 34.6 Å². The Labute approximate surface area is 180 Å². The van der Waals surface area contributed by atoms with Gasteiger partial charge in [-0.2, -0.15) is 0 Å². The molecule has 2 aromatic rings. The number of thiazole rings is 1. The summed E-state index contributed by atoms with van der Waals surface area (Å²) in [6.07, 6.45) is 2.18. The topological polar surface area (TPSA) is 96.0 Å². The first-order valence-electron chi connectivity index (χ1n) is 10.4. The summed E-state index contributed by atoms with van der Waals surface area (Å²) in [6, 6.07) is 6.15. The van der Waals surface area contributed by atoms with Crippen LogP contribution in [0.25, 0.3) is 0 Å². The Kier molecular flexibility index (Phi) is 6.47. The van der Waals surface area contributed by atoms with Crippen LogP contribution in [0.2, 0.25) is 0 Å². The molecule has 3 aliphatic heterocycles. The van der Waals surface area contributed by atoms with Crippen LogP contribution in [-0.2, 0) is 6.42 Å². The molecule has 0 spiro atoms. The number of hydrogen-bond acceptors (Lipinski definition) is 8. The van der Waals surface area contributed by atoms with E-state index in [4.69, 9.17) is 0 Å². The Bertz CT molecular complexity index is 908. The second-order valence-electron chi connectivity index (χ2n) is 8.14. The first kappa shape index (κ1) is 21.0. The molecule has 0 saturated carbocycles. The third kappa shape index (κ3) is 5.07. The highest BCUT2D eigenvalue weighted by Crippen LogP contribution is 2.29. The van der Waals surface area contributed by atoms with Crippen LogP contribution in [0.1, 0.15) is 11.1 Å². The van der Waals surface area contributed by atoms with Crippen molar-refractivity contribution in [2.24, 2.45) is 10.2 Å². The summed E-state index contributed by atoms with van der Waals surface area (Å²) in [4.78, 5) is 16.7. The molecule has 0 unspecified atom stereocenters. The number of nitro groups is 1. The molecule has 0 aliphatic carbocycles. The number of aromatic nitrogens is 1. The zero-order chi connectivity index (χ0) is 21.0. The van der Waals surface area contributed by atoms with E-state index in [0.717, 1.165) is 42.1 Å². The van der Waals surface area contributed by atoms with Crippen molar-refractivity contribution >= 4 is 27.2 Å². The highest BCUT2D eigenvalue weighted by atomic mass is 32.1. The largest absolute Gasteiger partial charge is 0.345 e. The molecule has 5 rings (SSSR count). The van der Waals surface area contributed by atoms with Gasteiger partial charge in [-0.15, -0.1) is 10.2 Å². The Hall–Kier alpha value is -2.27. The van der Waals surface area contributed by atoms with E-state index in [-0.39, 0.29) is 10.1 Å². The van der Waals surface area contributed by atoms with Gasteiger partial charge >= 0.3 is 5.00 Å². The second kappa shape index (κ2) is 9.25. The second-order valence-corrected chi connectivity index (χ2v) is 9.12. The van der Waals surface area contributed by atoms with Gasteiger partial charge in [0.2, 0.25) is 5.13 Å². The van der Waals surface area contributed by atoms with E-state index in [2.05, 4.69) is 37.6 Å². The van der Waals surface area contributed by atoms with Gasteiger partial charge in [-0.05, 0) is 48.4 Å². The fourth-order valence-electron chi connectivity index (χ4n) is 4.21. The van der Waals surface area contributed by atoms with Crippen molar-refractivity contribution in [1.29, 1.82) is 0 Å². The van der Waals surface area contributed by atoms with Gasteiger partial charge in [0.05, 0.1) is 36.8 Å². The van der Waals surface area contributed by atoms with Crippen LogP contribution in [0.5, 0.6) is 0 Å². The van der Waals surface area contributed by atoms with E-state index in [9.17, 15) is 10.1 Å². The van der Waals surface area contributed by atoms with Crippen molar-refractivity contribution in [3.05, 3.63) is 45.6 Å². The molecule has 0 radical (unpaired) electrons. The first-order valence-corrected chi connectivity index (χ1v) is 11.2. The molecule has 160 valence electrons. The highest BCUT2D eigenvalue weighted by molar-refractivity contribution is 7.18. The van der Waals surface area contributed by atoms with E-state index < -0.39 is 4.92 Å². The van der Waals surface area contributed by atoms with Crippen molar-refractivity contribution in [3.63, 3.8) is 0 Å². The number of azo groups is 1. The number of fused-ring (bicyclic) bond motifs is 3. The molecule has 10 heteroatoms. The van der Waals surface area contributed by atoms with Crippen molar-refractivity contribution in [2.45, 2.75) is 13.3 Å². The van der Waals surface area contributed by atoms with Crippen LogP contribution >= 0.6 is 11.3 Å². The average Bonchev–Trinajstić information content (AvgIpc) is 3.24. The molecule has 1 N–H and O–H groups in total. The maximum atomic E-state index is 10.7. The molecular weight excluding hydrogens is 402 g/mol. The number of aryl methyl sites for hydroxylation is 1. The molecule has 1 aromatic heterocycles. The predicted molar refractivity (Wildman–Crippen MR) is 117 cm³/mol.